The van der Waals surface area contributed by atoms with Crippen LogP contribution in [0.25, 0.3) is 0 Å². The molecule has 2 rings (SSSR count). The second kappa shape index (κ2) is 4.63. The smallest absolute Gasteiger partial charge is 0.299 e. The molecule has 1 aliphatic heterocycles. The van der Waals surface area contributed by atoms with Crippen molar-refractivity contribution in [3.05, 3.63) is 5.69 Å². The van der Waals surface area contributed by atoms with Gasteiger partial charge in [-0.3, -0.25) is 0 Å². The second-order valence-corrected chi connectivity index (χ2v) is 4.45. The van der Waals surface area contributed by atoms with Crippen molar-refractivity contribution in [3.8, 4) is 6.07 Å². The fourth-order valence-corrected chi connectivity index (χ4v) is 1.79. The quantitative estimate of drug-likeness (QED) is 0.738. The molecule has 1 aliphatic rings. The highest BCUT2D eigenvalue weighted by atomic mass is 16.4. The van der Waals surface area contributed by atoms with Gasteiger partial charge in [0.25, 0.3) is 6.01 Å². The SMILES string of the molecule is CN1CCN(c2oc(N(C)C)nc2C#N)CC1. The van der Waals surface area contributed by atoms with Gasteiger partial charge in [0.1, 0.15) is 6.07 Å². The van der Waals surface area contributed by atoms with Crippen LogP contribution in [0.2, 0.25) is 0 Å². The third kappa shape index (κ3) is 2.34. The highest BCUT2D eigenvalue weighted by Crippen LogP contribution is 2.26. The molecular weight excluding hydrogens is 218 g/mol. The van der Waals surface area contributed by atoms with Crippen LogP contribution in [-0.2, 0) is 0 Å². The van der Waals surface area contributed by atoms with Gasteiger partial charge in [0.15, 0.2) is 0 Å². The Morgan fingerprint density at radius 2 is 1.94 bits per heavy atom. The summed E-state index contributed by atoms with van der Waals surface area (Å²) in [6, 6.07) is 2.57. The molecule has 0 atom stereocenters. The van der Waals surface area contributed by atoms with E-state index in [1.165, 1.54) is 0 Å². The molecule has 0 saturated carbocycles. The Morgan fingerprint density at radius 3 is 2.47 bits per heavy atom. The highest BCUT2D eigenvalue weighted by molar-refractivity contribution is 5.52. The van der Waals surface area contributed by atoms with E-state index >= 15 is 0 Å². The molecule has 2 heterocycles. The lowest BCUT2D eigenvalue weighted by atomic mass is 10.3. The lowest BCUT2D eigenvalue weighted by Gasteiger charge is -2.31. The molecule has 0 spiro atoms. The normalized spacial score (nSPS) is 16.9. The summed E-state index contributed by atoms with van der Waals surface area (Å²) in [5.74, 6) is 0.601. The summed E-state index contributed by atoms with van der Waals surface area (Å²) in [4.78, 5) is 10.3. The van der Waals surface area contributed by atoms with Crippen molar-refractivity contribution in [1.29, 1.82) is 5.26 Å². The van der Waals surface area contributed by atoms with Crippen LogP contribution in [0.1, 0.15) is 5.69 Å². The fraction of sp³-hybridized carbons (Fsp3) is 0.636. The first kappa shape index (κ1) is 11.7. The van der Waals surface area contributed by atoms with E-state index in [0.29, 0.717) is 17.6 Å². The Morgan fingerprint density at radius 1 is 1.29 bits per heavy atom. The molecule has 92 valence electrons. The number of hydrogen-bond donors (Lipinski definition) is 0. The van der Waals surface area contributed by atoms with Gasteiger partial charge in [-0.25, -0.2) is 0 Å². The van der Waals surface area contributed by atoms with Gasteiger partial charge in [0.2, 0.25) is 11.6 Å². The molecule has 0 amide bonds. The number of oxazole rings is 1. The van der Waals surface area contributed by atoms with Gasteiger partial charge in [-0.1, -0.05) is 0 Å². The van der Waals surface area contributed by atoms with E-state index in [1.54, 1.807) is 4.90 Å². The number of aromatic nitrogens is 1. The Bertz CT molecular complexity index is 426. The molecule has 6 heteroatoms. The summed E-state index contributed by atoms with van der Waals surface area (Å²) in [6.45, 7) is 3.69. The molecule has 6 nitrogen and oxygen atoms in total. The maximum Gasteiger partial charge on any atom is 0.299 e. The number of rotatable bonds is 2. The minimum absolute atomic E-state index is 0.373. The lowest BCUT2D eigenvalue weighted by Crippen LogP contribution is -2.44. The third-order valence-corrected chi connectivity index (χ3v) is 2.88. The maximum absolute atomic E-state index is 9.07. The van der Waals surface area contributed by atoms with E-state index in [1.807, 2.05) is 14.1 Å². The summed E-state index contributed by atoms with van der Waals surface area (Å²) in [6.07, 6.45) is 0. The highest BCUT2D eigenvalue weighted by Gasteiger charge is 2.23. The van der Waals surface area contributed by atoms with E-state index in [-0.39, 0.29) is 0 Å². The molecule has 0 unspecified atom stereocenters. The van der Waals surface area contributed by atoms with Crippen molar-refractivity contribution in [3.63, 3.8) is 0 Å². The predicted molar refractivity (Wildman–Crippen MR) is 65.3 cm³/mol. The first-order chi connectivity index (χ1) is 8.11. The van der Waals surface area contributed by atoms with Crippen molar-refractivity contribution >= 4 is 11.9 Å². The molecule has 0 N–H and O–H groups in total. The van der Waals surface area contributed by atoms with Gasteiger partial charge >= 0.3 is 0 Å². The molecule has 0 aliphatic carbocycles. The van der Waals surface area contributed by atoms with E-state index < -0.39 is 0 Å². The van der Waals surface area contributed by atoms with Crippen LogP contribution < -0.4 is 9.80 Å². The lowest BCUT2D eigenvalue weighted by molar-refractivity contribution is 0.306. The molecule has 1 aromatic rings. The standard InChI is InChI=1S/C11H17N5O/c1-14(2)11-13-9(8-12)10(17-11)16-6-4-15(3)5-7-16/h4-7H2,1-3H3. The van der Waals surface area contributed by atoms with E-state index in [2.05, 4.69) is 27.9 Å². The van der Waals surface area contributed by atoms with Crippen LogP contribution in [0.4, 0.5) is 11.9 Å². The first-order valence-corrected chi connectivity index (χ1v) is 5.63. The minimum atomic E-state index is 0.373. The van der Waals surface area contributed by atoms with E-state index in [9.17, 15) is 0 Å². The summed E-state index contributed by atoms with van der Waals surface area (Å²) in [5, 5.41) is 9.07. The topological polar surface area (TPSA) is 59.5 Å². The van der Waals surface area contributed by atoms with Crippen LogP contribution in [0.15, 0.2) is 4.42 Å². The molecule has 17 heavy (non-hydrogen) atoms. The zero-order valence-corrected chi connectivity index (χ0v) is 10.5. The largest absolute Gasteiger partial charge is 0.406 e. The maximum atomic E-state index is 9.07. The molecule has 1 fully saturated rings. The van der Waals surface area contributed by atoms with Gasteiger partial charge in [0, 0.05) is 40.3 Å². The Hall–Kier alpha value is -1.74. The van der Waals surface area contributed by atoms with Gasteiger partial charge in [-0.05, 0) is 7.05 Å². The number of likely N-dealkylation sites (N-methyl/N-ethyl adjacent to an activating group) is 1. The first-order valence-electron chi connectivity index (χ1n) is 5.63. The summed E-state index contributed by atoms with van der Waals surface area (Å²) in [7, 11) is 5.79. The number of piperazine rings is 1. The Balaban J connectivity index is 2.22. The summed E-state index contributed by atoms with van der Waals surface area (Å²) >= 11 is 0. The fourth-order valence-electron chi connectivity index (χ4n) is 1.79. The van der Waals surface area contributed by atoms with Crippen molar-refractivity contribution in [1.82, 2.24) is 9.88 Å². The van der Waals surface area contributed by atoms with Gasteiger partial charge < -0.3 is 19.1 Å². The number of hydrogen-bond acceptors (Lipinski definition) is 6. The van der Waals surface area contributed by atoms with Crippen molar-refractivity contribution in [2.45, 2.75) is 0 Å². The third-order valence-electron chi connectivity index (χ3n) is 2.88. The average Bonchev–Trinajstić information content (AvgIpc) is 2.74. The number of nitriles is 1. The molecule has 1 saturated heterocycles. The van der Waals surface area contributed by atoms with Crippen molar-refractivity contribution in [2.75, 3.05) is 57.1 Å². The predicted octanol–water partition coefficient (Wildman–Crippen LogP) is 0.364. The van der Waals surface area contributed by atoms with Crippen LogP contribution in [0.3, 0.4) is 0 Å². The van der Waals surface area contributed by atoms with E-state index in [4.69, 9.17) is 9.68 Å². The van der Waals surface area contributed by atoms with Crippen LogP contribution >= 0.6 is 0 Å². The second-order valence-electron chi connectivity index (χ2n) is 4.45. The number of nitrogens with zero attached hydrogens (tertiary/aromatic N) is 5. The number of anilines is 2. The van der Waals surface area contributed by atoms with E-state index in [0.717, 1.165) is 26.2 Å². The molecule has 0 radical (unpaired) electrons. The zero-order chi connectivity index (χ0) is 12.4. The van der Waals surface area contributed by atoms with Crippen LogP contribution in [0, 0.1) is 11.3 Å². The van der Waals surface area contributed by atoms with Crippen molar-refractivity contribution < 1.29 is 4.42 Å². The van der Waals surface area contributed by atoms with Crippen molar-refractivity contribution in [2.24, 2.45) is 0 Å². The zero-order valence-electron chi connectivity index (χ0n) is 10.5. The van der Waals surface area contributed by atoms with Gasteiger partial charge in [-0.2, -0.15) is 10.2 Å². The molecule has 0 bridgehead atoms. The van der Waals surface area contributed by atoms with Crippen LogP contribution in [-0.4, -0.2) is 57.2 Å². The molecule has 0 aromatic carbocycles. The Kier molecular flexibility index (Phi) is 3.20. The molecule has 1 aromatic heterocycles. The summed E-state index contributed by atoms with van der Waals surface area (Å²) in [5.41, 5.74) is 0.373. The van der Waals surface area contributed by atoms with Crippen LogP contribution in [0.5, 0.6) is 0 Å². The van der Waals surface area contributed by atoms with Gasteiger partial charge in [-0.15, -0.1) is 0 Å². The van der Waals surface area contributed by atoms with Gasteiger partial charge in [0.05, 0.1) is 0 Å². The minimum Gasteiger partial charge on any atom is -0.406 e. The monoisotopic (exact) mass is 235 g/mol. The average molecular weight is 235 g/mol. The molecular formula is C11H17N5O. The summed E-state index contributed by atoms with van der Waals surface area (Å²) < 4.78 is 5.64. The Labute approximate surface area is 101 Å².